The van der Waals surface area contributed by atoms with Crippen LogP contribution in [0.25, 0.3) is 0 Å². The molecule has 0 radical (unpaired) electrons. The summed E-state index contributed by atoms with van der Waals surface area (Å²) in [6.07, 6.45) is 3.92. The normalized spacial score (nSPS) is 11.0. The van der Waals surface area contributed by atoms with Gasteiger partial charge in [-0.05, 0) is 64.6 Å². The number of carbonyl (C=O) groups excluding carboxylic acids is 1. The van der Waals surface area contributed by atoms with Crippen LogP contribution < -0.4 is 10.8 Å². The summed E-state index contributed by atoms with van der Waals surface area (Å²) in [5, 5.41) is 14.6. The van der Waals surface area contributed by atoms with Gasteiger partial charge in [-0.15, -0.1) is 0 Å². The molecular formula is C22H18F3IN4O4. The molecule has 3 rings (SSSR count). The minimum Gasteiger partial charge on any atom is -0.393 e. The van der Waals surface area contributed by atoms with Gasteiger partial charge in [-0.2, -0.15) is 0 Å². The molecule has 178 valence electrons. The number of nitrogens with zero attached hydrogens (tertiary/aromatic N) is 2. The second-order valence-electron chi connectivity index (χ2n) is 6.63. The first-order chi connectivity index (χ1) is 16.4. The van der Waals surface area contributed by atoms with Crippen LogP contribution in [0.4, 0.5) is 24.5 Å². The molecule has 3 aromatic rings. The molecule has 0 bridgehead atoms. The van der Waals surface area contributed by atoms with Gasteiger partial charge in [0.15, 0.2) is 11.6 Å². The first-order valence-electron chi connectivity index (χ1n) is 9.72. The number of hydrogen-bond acceptors (Lipinski definition) is 7. The molecule has 0 saturated heterocycles. The summed E-state index contributed by atoms with van der Waals surface area (Å²) in [6, 6.07) is 8.40. The van der Waals surface area contributed by atoms with Gasteiger partial charge in [-0.25, -0.2) is 18.7 Å². The molecule has 2 aromatic carbocycles. The highest BCUT2D eigenvalue weighted by Crippen LogP contribution is 2.30. The van der Waals surface area contributed by atoms with E-state index in [0.29, 0.717) is 9.13 Å². The molecule has 0 atom stereocenters. The highest BCUT2D eigenvalue weighted by molar-refractivity contribution is 14.1. The molecule has 0 aliphatic rings. The van der Waals surface area contributed by atoms with Crippen LogP contribution in [-0.4, -0.2) is 35.4 Å². The first-order valence-corrected chi connectivity index (χ1v) is 10.8. The summed E-state index contributed by atoms with van der Waals surface area (Å²) in [5.74, 6) is -4.44. The van der Waals surface area contributed by atoms with Crippen LogP contribution in [0.3, 0.4) is 0 Å². The SMILES string of the molecule is O=C(NOCc1ccncc1)c1cc(C=NOCCO)c(F)c(F)c1Nc1ccc(I)cc1F. The number of benzene rings is 2. The van der Waals surface area contributed by atoms with E-state index in [4.69, 9.17) is 9.94 Å². The minimum atomic E-state index is -1.44. The zero-order valence-electron chi connectivity index (χ0n) is 17.4. The summed E-state index contributed by atoms with van der Waals surface area (Å²) in [7, 11) is 0. The highest BCUT2D eigenvalue weighted by Gasteiger charge is 2.23. The number of aromatic nitrogens is 1. The average molecular weight is 586 g/mol. The van der Waals surface area contributed by atoms with Crippen molar-refractivity contribution in [3.05, 3.63) is 86.5 Å². The summed E-state index contributed by atoms with van der Waals surface area (Å²) >= 11 is 1.90. The number of anilines is 2. The maximum absolute atomic E-state index is 15.0. The minimum absolute atomic E-state index is 0.0181. The molecule has 0 aliphatic carbocycles. The predicted octanol–water partition coefficient (Wildman–Crippen LogP) is 4.05. The maximum Gasteiger partial charge on any atom is 0.277 e. The number of carbonyl (C=O) groups is 1. The number of amides is 1. The lowest BCUT2D eigenvalue weighted by Gasteiger charge is -2.16. The molecule has 12 heteroatoms. The molecule has 0 saturated carbocycles. The third-order valence-corrected chi connectivity index (χ3v) is 4.94. The van der Waals surface area contributed by atoms with Gasteiger partial charge in [0.25, 0.3) is 5.91 Å². The van der Waals surface area contributed by atoms with Gasteiger partial charge in [-0.1, -0.05) is 5.16 Å². The van der Waals surface area contributed by atoms with Crippen LogP contribution in [-0.2, 0) is 16.3 Å². The van der Waals surface area contributed by atoms with Crippen molar-refractivity contribution in [2.45, 2.75) is 6.61 Å². The molecule has 0 spiro atoms. The van der Waals surface area contributed by atoms with E-state index in [9.17, 15) is 13.6 Å². The first kappa shape index (κ1) is 25.4. The lowest BCUT2D eigenvalue weighted by atomic mass is 10.1. The number of nitrogens with one attached hydrogen (secondary N) is 2. The van der Waals surface area contributed by atoms with Crippen molar-refractivity contribution in [1.29, 1.82) is 0 Å². The third-order valence-electron chi connectivity index (χ3n) is 4.27. The van der Waals surface area contributed by atoms with E-state index < -0.39 is 34.6 Å². The van der Waals surface area contributed by atoms with Crippen LogP contribution in [0.1, 0.15) is 21.5 Å². The fourth-order valence-corrected chi connectivity index (χ4v) is 3.13. The fourth-order valence-electron chi connectivity index (χ4n) is 2.67. The Kier molecular flexibility index (Phi) is 9.18. The van der Waals surface area contributed by atoms with Crippen molar-refractivity contribution >= 4 is 46.1 Å². The van der Waals surface area contributed by atoms with Crippen LogP contribution in [0, 0.1) is 21.0 Å². The number of pyridine rings is 1. The third kappa shape index (κ3) is 6.65. The molecule has 0 aliphatic heterocycles. The average Bonchev–Trinajstić information content (AvgIpc) is 2.83. The van der Waals surface area contributed by atoms with E-state index in [1.165, 1.54) is 24.5 Å². The lowest BCUT2D eigenvalue weighted by molar-refractivity contribution is 0.0233. The zero-order valence-corrected chi connectivity index (χ0v) is 19.6. The second-order valence-corrected chi connectivity index (χ2v) is 7.88. The smallest absolute Gasteiger partial charge is 0.277 e. The fraction of sp³-hybridized carbons (Fsp3) is 0.136. The van der Waals surface area contributed by atoms with Gasteiger partial charge >= 0.3 is 0 Å². The molecule has 1 heterocycles. The number of aliphatic hydroxyl groups excluding tert-OH is 1. The Morgan fingerprint density at radius 3 is 2.62 bits per heavy atom. The number of rotatable bonds is 10. The topological polar surface area (TPSA) is 105 Å². The van der Waals surface area contributed by atoms with E-state index in [2.05, 4.69) is 25.8 Å². The molecule has 8 nitrogen and oxygen atoms in total. The van der Waals surface area contributed by atoms with Crippen LogP contribution in [0.2, 0.25) is 0 Å². The molecule has 1 amide bonds. The Morgan fingerprint density at radius 1 is 1.15 bits per heavy atom. The predicted molar refractivity (Wildman–Crippen MR) is 126 cm³/mol. The molecule has 0 unspecified atom stereocenters. The van der Waals surface area contributed by atoms with E-state index in [1.807, 2.05) is 22.6 Å². The molecule has 3 N–H and O–H groups in total. The lowest BCUT2D eigenvalue weighted by Crippen LogP contribution is -2.25. The molecule has 34 heavy (non-hydrogen) atoms. The van der Waals surface area contributed by atoms with Crippen LogP contribution >= 0.6 is 22.6 Å². The van der Waals surface area contributed by atoms with E-state index >= 15 is 4.39 Å². The van der Waals surface area contributed by atoms with Crippen LogP contribution in [0.5, 0.6) is 0 Å². The summed E-state index contributed by atoms with van der Waals surface area (Å²) in [4.78, 5) is 26.5. The van der Waals surface area contributed by atoms with E-state index in [0.717, 1.165) is 12.3 Å². The number of oxime groups is 1. The van der Waals surface area contributed by atoms with Crippen molar-refractivity contribution in [2.24, 2.45) is 5.16 Å². The van der Waals surface area contributed by atoms with Gasteiger partial charge in [-0.3, -0.25) is 14.6 Å². The Bertz CT molecular complexity index is 1180. The van der Waals surface area contributed by atoms with Gasteiger partial charge < -0.3 is 15.3 Å². The molecular weight excluding hydrogens is 568 g/mol. The number of hydroxylamine groups is 1. The van der Waals surface area contributed by atoms with Crippen molar-refractivity contribution in [2.75, 3.05) is 18.5 Å². The van der Waals surface area contributed by atoms with E-state index in [-0.39, 0.29) is 31.1 Å². The quantitative estimate of drug-likeness (QED) is 0.143. The largest absolute Gasteiger partial charge is 0.393 e. The Morgan fingerprint density at radius 2 is 1.91 bits per heavy atom. The van der Waals surface area contributed by atoms with Crippen molar-refractivity contribution < 1.29 is 32.7 Å². The Labute approximate surface area is 205 Å². The molecule has 1 aromatic heterocycles. The summed E-state index contributed by atoms with van der Waals surface area (Å²) in [6.45, 7) is -0.515. The zero-order chi connectivity index (χ0) is 24.5. The Hall–Kier alpha value is -3.23. The summed E-state index contributed by atoms with van der Waals surface area (Å²) in [5.41, 5.74) is 1.30. The van der Waals surface area contributed by atoms with Gasteiger partial charge in [0.2, 0.25) is 0 Å². The van der Waals surface area contributed by atoms with Gasteiger partial charge in [0.1, 0.15) is 12.4 Å². The second kappa shape index (κ2) is 12.3. The molecule has 0 fully saturated rings. The van der Waals surface area contributed by atoms with E-state index in [1.54, 1.807) is 18.2 Å². The number of halogens is 4. The number of hydrogen-bond donors (Lipinski definition) is 3. The standard InChI is InChI=1S/C22H18F3IN4O4/c23-17-10-15(26)1-2-18(17)29-21-16(22(32)30-34-12-13-3-5-27-6-4-13)9-14(19(24)20(21)25)11-28-33-8-7-31/h1-6,9-11,29,31H,7-8,12H2,(H,30,32). The van der Waals surface area contributed by atoms with Crippen LogP contribution in [0.15, 0.2) is 53.9 Å². The van der Waals surface area contributed by atoms with Crippen molar-refractivity contribution in [3.8, 4) is 0 Å². The maximum atomic E-state index is 15.0. The Balaban J connectivity index is 1.92. The number of aliphatic hydroxyl groups is 1. The highest BCUT2D eigenvalue weighted by atomic mass is 127. The monoisotopic (exact) mass is 586 g/mol. The van der Waals surface area contributed by atoms with Crippen molar-refractivity contribution in [3.63, 3.8) is 0 Å². The van der Waals surface area contributed by atoms with Gasteiger partial charge in [0, 0.05) is 21.5 Å². The van der Waals surface area contributed by atoms with Gasteiger partial charge in [0.05, 0.1) is 36.4 Å². The summed E-state index contributed by atoms with van der Waals surface area (Å²) < 4.78 is 44.6. The van der Waals surface area contributed by atoms with Crippen molar-refractivity contribution in [1.82, 2.24) is 10.5 Å².